The van der Waals surface area contributed by atoms with Crippen LogP contribution >= 0.6 is 0 Å². The van der Waals surface area contributed by atoms with Gasteiger partial charge < -0.3 is 14.5 Å². The zero-order valence-electron chi connectivity index (χ0n) is 16.7. The maximum Gasteiger partial charge on any atom is 0.262 e. The lowest BCUT2D eigenvalue weighted by atomic mass is 10.1. The molecule has 29 heavy (non-hydrogen) atoms. The number of ether oxygens (including phenoxy) is 1. The summed E-state index contributed by atoms with van der Waals surface area (Å²) < 4.78 is 11.5. The van der Waals surface area contributed by atoms with Crippen LogP contribution in [0, 0.1) is 20.8 Å². The maximum atomic E-state index is 12.3. The van der Waals surface area contributed by atoms with Gasteiger partial charge in [-0.15, -0.1) is 0 Å². The van der Waals surface area contributed by atoms with E-state index >= 15 is 0 Å². The molecule has 146 valence electrons. The van der Waals surface area contributed by atoms with Gasteiger partial charge in [0.2, 0.25) is 5.89 Å². The predicted octanol–water partition coefficient (Wildman–Crippen LogP) is 5.44. The molecule has 0 spiro atoms. The first-order chi connectivity index (χ1) is 14.0. The van der Waals surface area contributed by atoms with E-state index in [0.717, 1.165) is 27.8 Å². The van der Waals surface area contributed by atoms with E-state index < -0.39 is 0 Å². The van der Waals surface area contributed by atoms with Crippen LogP contribution in [0.5, 0.6) is 5.75 Å². The molecule has 0 saturated heterocycles. The summed E-state index contributed by atoms with van der Waals surface area (Å²) in [5.74, 6) is 0.962. The Kier molecular flexibility index (Phi) is 5.04. The van der Waals surface area contributed by atoms with Gasteiger partial charge in [-0.2, -0.15) is 0 Å². The summed E-state index contributed by atoms with van der Waals surface area (Å²) in [6, 6.07) is 19.0. The highest BCUT2D eigenvalue weighted by molar-refractivity contribution is 5.93. The van der Waals surface area contributed by atoms with Gasteiger partial charge in [-0.3, -0.25) is 4.79 Å². The number of aromatic nitrogens is 1. The van der Waals surface area contributed by atoms with Crippen LogP contribution in [0.4, 0.5) is 5.69 Å². The second-order valence-electron chi connectivity index (χ2n) is 7.10. The van der Waals surface area contributed by atoms with Crippen LogP contribution in [0.1, 0.15) is 16.7 Å². The fourth-order valence-electron chi connectivity index (χ4n) is 3.05. The Morgan fingerprint density at radius 2 is 1.72 bits per heavy atom. The Morgan fingerprint density at radius 1 is 0.966 bits per heavy atom. The molecule has 0 aliphatic carbocycles. The summed E-state index contributed by atoms with van der Waals surface area (Å²) >= 11 is 0. The lowest BCUT2D eigenvalue weighted by Gasteiger charge is -2.10. The number of oxazole rings is 1. The number of nitrogens with zero attached hydrogens (tertiary/aromatic N) is 1. The number of benzene rings is 3. The lowest BCUT2D eigenvalue weighted by molar-refractivity contribution is -0.118. The van der Waals surface area contributed by atoms with E-state index in [1.165, 1.54) is 5.56 Å². The summed E-state index contributed by atoms with van der Waals surface area (Å²) in [6.45, 7) is 5.99. The molecule has 4 aromatic rings. The summed E-state index contributed by atoms with van der Waals surface area (Å²) in [7, 11) is 0. The largest absolute Gasteiger partial charge is 0.484 e. The summed E-state index contributed by atoms with van der Waals surface area (Å²) in [5.41, 5.74) is 6.38. The zero-order valence-corrected chi connectivity index (χ0v) is 16.7. The van der Waals surface area contributed by atoms with Gasteiger partial charge in [0.25, 0.3) is 5.91 Å². The van der Waals surface area contributed by atoms with Crippen molar-refractivity contribution < 1.29 is 13.9 Å². The number of amides is 1. The Balaban J connectivity index is 1.53. The molecule has 3 aromatic carbocycles. The number of fused-ring (bicyclic) bond motifs is 1. The number of hydrogen-bond donors (Lipinski definition) is 1. The minimum absolute atomic E-state index is 0.0604. The number of para-hydroxylation sites is 1. The van der Waals surface area contributed by atoms with Crippen LogP contribution in [-0.4, -0.2) is 17.5 Å². The molecular weight excluding hydrogens is 364 g/mol. The molecule has 5 nitrogen and oxygen atoms in total. The van der Waals surface area contributed by atoms with E-state index in [1.54, 1.807) is 0 Å². The third-order valence-corrected chi connectivity index (χ3v) is 4.88. The predicted molar refractivity (Wildman–Crippen MR) is 114 cm³/mol. The summed E-state index contributed by atoms with van der Waals surface area (Å²) in [4.78, 5) is 16.9. The fraction of sp³-hybridized carbons (Fsp3) is 0.167. The minimum Gasteiger partial charge on any atom is -0.484 e. The third-order valence-electron chi connectivity index (χ3n) is 4.88. The molecule has 5 heteroatoms. The van der Waals surface area contributed by atoms with E-state index in [9.17, 15) is 4.79 Å². The maximum absolute atomic E-state index is 12.3. The van der Waals surface area contributed by atoms with Crippen LogP contribution in [-0.2, 0) is 4.79 Å². The van der Waals surface area contributed by atoms with E-state index in [1.807, 2.05) is 74.5 Å². The van der Waals surface area contributed by atoms with Gasteiger partial charge in [0.05, 0.1) is 0 Å². The van der Waals surface area contributed by atoms with Gasteiger partial charge in [-0.25, -0.2) is 4.98 Å². The average Bonchev–Trinajstić information content (AvgIpc) is 3.12. The molecule has 0 aliphatic heterocycles. The van der Waals surface area contributed by atoms with Crippen LogP contribution < -0.4 is 10.1 Å². The van der Waals surface area contributed by atoms with Crippen LogP contribution in [0.2, 0.25) is 0 Å². The van der Waals surface area contributed by atoms with Gasteiger partial charge in [0.1, 0.15) is 11.3 Å². The second-order valence-corrected chi connectivity index (χ2v) is 7.10. The third kappa shape index (κ3) is 4.14. The standard InChI is InChI=1S/C24H22N2O3/c1-15-9-10-18(24-26-21-11-16(2)17(3)12-22(21)29-24)13-20(15)25-23(27)14-28-19-7-5-4-6-8-19/h4-13H,14H2,1-3H3,(H,25,27). The van der Waals surface area contributed by atoms with E-state index in [0.29, 0.717) is 17.3 Å². The number of carbonyl (C=O) groups is 1. The van der Waals surface area contributed by atoms with Crippen molar-refractivity contribution in [1.82, 2.24) is 4.98 Å². The Morgan fingerprint density at radius 3 is 2.52 bits per heavy atom. The number of rotatable bonds is 5. The van der Waals surface area contributed by atoms with Crippen molar-refractivity contribution in [1.29, 1.82) is 0 Å². The fourth-order valence-corrected chi connectivity index (χ4v) is 3.05. The van der Waals surface area contributed by atoms with Crippen molar-refractivity contribution in [3.63, 3.8) is 0 Å². The Labute approximate surface area is 169 Å². The van der Waals surface area contributed by atoms with E-state index in [4.69, 9.17) is 9.15 Å². The molecule has 0 atom stereocenters. The Hall–Kier alpha value is -3.60. The molecule has 4 rings (SSSR count). The molecule has 1 heterocycles. The van der Waals surface area contributed by atoms with Crippen molar-refractivity contribution in [2.24, 2.45) is 0 Å². The summed E-state index contributed by atoms with van der Waals surface area (Å²) in [6.07, 6.45) is 0. The monoisotopic (exact) mass is 386 g/mol. The highest BCUT2D eigenvalue weighted by atomic mass is 16.5. The minimum atomic E-state index is -0.224. The SMILES string of the molecule is Cc1cc2nc(-c3ccc(C)c(NC(=O)COc4ccccc4)c3)oc2cc1C. The average molecular weight is 386 g/mol. The van der Waals surface area contributed by atoms with Crippen molar-refractivity contribution in [3.8, 4) is 17.2 Å². The lowest BCUT2D eigenvalue weighted by Crippen LogP contribution is -2.20. The van der Waals surface area contributed by atoms with E-state index in [2.05, 4.69) is 17.2 Å². The quantitative estimate of drug-likeness (QED) is 0.496. The molecule has 1 amide bonds. The molecule has 0 unspecified atom stereocenters. The molecule has 0 radical (unpaired) electrons. The van der Waals surface area contributed by atoms with Crippen LogP contribution in [0.15, 0.2) is 65.1 Å². The molecule has 0 aliphatic rings. The van der Waals surface area contributed by atoms with Gasteiger partial charge in [-0.1, -0.05) is 24.3 Å². The highest BCUT2D eigenvalue weighted by Gasteiger charge is 2.13. The van der Waals surface area contributed by atoms with Gasteiger partial charge in [0.15, 0.2) is 12.2 Å². The summed E-state index contributed by atoms with van der Waals surface area (Å²) in [5, 5.41) is 2.91. The highest BCUT2D eigenvalue weighted by Crippen LogP contribution is 2.29. The first-order valence-electron chi connectivity index (χ1n) is 9.46. The first-order valence-corrected chi connectivity index (χ1v) is 9.46. The second kappa shape index (κ2) is 7.80. The normalized spacial score (nSPS) is 10.9. The Bertz CT molecular complexity index is 1140. The van der Waals surface area contributed by atoms with Crippen LogP contribution in [0.25, 0.3) is 22.6 Å². The molecule has 1 N–H and O–H groups in total. The van der Waals surface area contributed by atoms with Crippen LogP contribution in [0.3, 0.4) is 0 Å². The molecular formula is C24H22N2O3. The number of hydrogen-bond acceptors (Lipinski definition) is 4. The molecule has 0 fully saturated rings. The molecule has 0 bridgehead atoms. The van der Waals surface area contributed by atoms with Crippen molar-refractivity contribution >= 4 is 22.7 Å². The number of carbonyl (C=O) groups excluding carboxylic acids is 1. The van der Waals surface area contributed by atoms with Gasteiger partial charge in [0, 0.05) is 11.3 Å². The zero-order chi connectivity index (χ0) is 20.4. The number of aryl methyl sites for hydroxylation is 3. The smallest absolute Gasteiger partial charge is 0.262 e. The molecule has 0 saturated carbocycles. The molecule has 1 aromatic heterocycles. The van der Waals surface area contributed by atoms with Crippen molar-refractivity contribution in [2.45, 2.75) is 20.8 Å². The van der Waals surface area contributed by atoms with Crippen molar-refractivity contribution in [3.05, 3.63) is 77.4 Å². The van der Waals surface area contributed by atoms with Crippen molar-refractivity contribution in [2.75, 3.05) is 11.9 Å². The van der Waals surface area contributed by atoms with Gasteiger partial charge >= 0.3 is 0 Å². The first kappa shape index (κ1) is 18.7. The number of nitrogens with one attached hydrogen (secondary N) is 1. The topological polar surface area (TPSA) is 64.4 Å². The number of anilines is 1. The van der Waals surface area contributed by atoms with Gasteiger partial charge in [-0.05, 0) is 73.9 Å². The van der Waals surface area contributed by atoms with E-state index in [-0.39, 0.29) is 12.5 Å².